The van der Waals surface area contributed by atoms with Crippen molar-refractivity contribution < 1.29 is 10.2 Å². The number of hydrogen-bond acceptors (Lipinski definition) is 3. The fourth-order valence-electron chi connectivity index (χ4n) is 6.14. The maximum atomic E-state index is 9.71. The van der Waals surface area contributed by atoms with Crippen molar-refractivity contribution in [2.24, 2.45) is 17.3 Å². The average Bonchev–Trinajstić information content (AvgIpc) is 3.17. The van der Waals surface area contributed by atoms with Crippen LogP contribution in [0.15, 0.2) is 29.8 Å². The first-order chi connectivity index (χ1) is 14.3. The van der Waals surface area contributed by atoms with Crippen molar-refractivity contribution in [2.45, 2.75) is 96.8 Å². The van der Waals surface area contributed by atoms with E-state index in [-0.39, 0.29) is 16.9 Å². The summed E-state index contributed by atoms with van der Waals surface area (Å²) in [5.74, 6) is 2.22. The van der Waals surface area contributed by atoms with Gasteiger partial charge in [0.1, 0.15) is 11.5 Å². The van der Waals surface area contributed by atoms with Gasteiger partial charge < -0.3 is 10.2 Å². The molecule has 2 fully saturated rings. The molecule has 2 atom stereocenters. The molecule has 2 N–H and O–H groups in total. The molecule has 0 saturated heterocycles. The van der Waals surface area contributed by atoms with Crippen LogP contribution in [-0.4, -0.2) is 10.2 Å². The first kappa shape index (κ1) is 22.7. The van der Waals surface area contributed by atoms with Gasteiger partial charge in [0.2, 0.25) is 0 Å². The summed E-state index contributed by atoms with van der Waals surface area (Å²) >= 11 is 0. The number of unbranched alkanes of at least 4 members (excludes halogenated alkanes) is 3. The van der Waals surface area contributed by atoms with Gasteiger partial charge in [0.25, 0.3) is 0 Å². The summed E-state index contributed by atoms with van der Waals surface area (Å²) in [5, 5.41) is 28.0. The van der Waals surface area contributed by atoms with E-state index in [9.17, 15) is 10.2 Å². The first-order valence-electron chi connectivity index (χ1n) is 11.9. The Hall–Kier alpha value is -1.95. The van der Waals surface area contributed by atoms with Gasteiger partial charge in [0.15, 0.2) is 0 Å². The maximum absolute atomic E-state index is 9.71. The van der Waals surface area contributed by atoms with E-state index < -0.39 is 0 Å². The number of rotatable bonds is 6. The summed E-state index contributed by atoms with van der Waals surface area (Å²) in [7, 11) is 0. The number of phenolic OH excluding ortho intramolecular Hbond substituents is 2. The van der Waals surface area contributed by atoms with Crippen molar-refractivity contribution in [3.05, 3.63) is 35.4 Å². The second-order valence-corrected chi connectivity index (χ2v) is 10.4. The molecule has 1 aromatic rings. The number of phenols is 2. The molecule has 0 spiro atoms. The van der Waals surface area contributed by atoms with E-state index in [1.807, 2.05) is 0 Å². The maximum Gasteiger partial charge on any atom is 0.119 e. The molecule has 3 heteroatoms. The zero-order chi connectivity index (χ0) is 21.8. The summed E-state index contributed by atoms with van der Waals surface area (Å²) in [6, 6.07) is 7.19. The van der Waals surface area contributed by atoms with Crippen LogP contribution in [0.2, 0.25) is 0 Å². The highest BCUT2D eigenvalue weighted by Crippen LogP contribution is 2.58. The topological polar surface area (TPSA) is 64.2 Å². The average molecular weight is 410 g/mol. The van der Waals surface area contributed by atoms with Crippen LogP contribution in [0.5, 0.6) is 11.5 Å². The van der Waals surface area contributed by atoms with Crippen LogP contribution in [0, 0.1) is 28.6 Å². The Morgan fingerprint density at radius 2 is 1.70 bits per heavy atom. The fraction of sp³-hybridized carbons (Fsp3) is 0.667. The minimum atomic E-state index is 0.114. The molecule has 164 valence electrons. The minimum absolute atomic E-state index is 0.114. The van der Waals surface area contributed by atoms with Crippen LogP contribution >= 0.6 is 0 Å². The lowest BCUT2D eigenvalue weighted by Gasteiger charge is -2.56. The predicted molar refractivity (Wildman–Crippen MR) is 122 cm³/mol. The molecule has 4 aliphatic rings. The number of allylic oxidation sites excluding steroid dienone is 2. The lowest BCUT2D eigenvalue weighted by molar-refractivity contribution is -0.00579. The lowest BCUT2D eigenvalue weighted by atomic mass is 9.49. The number of aromatic hydroxyl groups is 2. The molecule has 0 radical (unpaired) electrons. The van der Waals surface area contributed by atoms with Crippen molar-refractivity contribution in [2.75, 3.05) is 0 Å². The quantitative estimate of drug-likeness (QED) is 0.380. The van der Waals surface area contributed by atoms with E-state index in [4.69, 9.17) is 5.26 Å². The van der Waals surface area contributed by atoms with Crippen molar-refractivity contribution >= 4 is 0 Å². The van der Waals surface area contributed by atoms with Gasteiger partial charge in [-0.05, 0) is 85.8 Å². The van der Waals surface area contributed by atoms with Gasteiger partial charge >= 0.3 is 0 Å². The van der Waals surface area contributed by atoms with Crippen LogP contribution in [0.3, 0.4) is 0 Å². The molecule has 5 rings (SSSR count). The summed E-state index contributed by atoms with van der Waals surface area (Å²) in [4.78, 5) is 0. The lowest BCUT2D eigenvalue weighted by Crippen LogP contribution is -2.47. The Bertz CT molecular complexity index is 775. The third-order valence-corrected chi connectivity index (χ3v) is 8.26. The number of nitrogens with zero attached hydrogens (tertiary/aromatic N) is 1. The standard InChI is InChI=1S/C17H23NO2.C10H16/c18-10-6-2-1-3-7-17(8-4-5-9-17)14-11-15(19)13-16(20)12-14;1-7-4-5-8-6-9(7)10(8,2)3/h11-13,19-20H,1-9H2;4,8-9H,5-6H2,1-3H3. The largest absolute Gasteiger partial charge is 0.508 e. The third kappa shape index (κ3) is 4.85. The summed E-state index contributed by atoms with van der Waals surface area (Å²) in [5.41, 5.74) is 3.47. The zero-order valence-electron chi connectivity index (χ0n) is 19.1. The number of fused-ring (bicyclic) bond motifs is 1. The molecule has 2 unspecified atom stereocenters. The number of nitriles is 1. The second kappa shape index (κ2) is 9.46. The Morgan fingerprint density at radius 1 is 1.03 bits per heavy atom. The van der Waals surface area contributed by atoms with E-state index in [1.165, 1.54) is 31.7 Å². The van der Waals surface area contributed by atoms with Gasteiger partial charge in [-0.1, -0.05) is 51.2 Å². The predicted octanol–water partition coefficient (Wildman–Crippen LogP) is 7.38. The Kier molecular flexibility index (Phi) is 7.17. The molecule has 30 heavy (non-hydrogen) atoms. The molecule has 1 aromatic carbocycles. The van der Waals surface area contributed by atoms with Crippen molar-refractivity contribution in [3.8, 4) is 17.6 Å². The first-order valence-corrected chi connectivity index (χ1v) is 11.9. The van der Waals surface area contributed by atoms with E-state index in [1.54, 1.807) is 17.7 Å². The minimum Gasteiger partial charge on any atom is -0.508 e. The van der Waals surface area contributed by atoms with Crippen molar-refractivity contribution in [3.63, 3.8) is 0 Å². The zero-order valence-corrected chi connectivity index (χ0v) is 19.1. The molecular formula is C27H39NO2. The SMILES string of the molecule is CC1=CCC2CC1C2(C)C.N#CCCCCCC1(c2cc(O)cc(O)c2)CCCC1. The Morgan fingerprint density at radius 3 is 2.20 bits per heavy atom. The van der Waals surface area contributed by atoms with E-state index in [2.05, 4.69) is 32.9 Å². The van der Waals surface area contributed by atoms with Crippen LogP contribution < -0.4 is 0 Å². The molecule has 0 aliphatic heterocycles. The van der Waals surface area contributed by atoms with Crippen LogP contribution in [0.4, 0.5) is 0 Å². The summed E-state index contributed by atoms with van der Waals surface area (Å²) in [6.45, 7) is 7.13. The van der Waals surface area contributed by atoms with Gasteiger partial charge in [-0.2, -0.15) is 5.26 Å². The summed E-state index contributed by atoms with van der Waals surface area (Å²) < 4.78 is 0. The monoisotopic (exact) mass is 409 g/mol. The highest BCUT2D eigenvalue weighted by molar-refractivity contribution is 5.41. The summed E-state index contributed by atoms with van der Waals surface area (Å²) in [6.07, 6.45) is 14.8. The van der Waals surface area contributed by atoms with Gasteiger partial charge in [0, 0.05) is 12.5 Å². The highest BCUT2D eigenvalue weighted by atomic mass is 16.3. The van der Waals surface area contributed by atoms with Gasteiger partial charge in [-0.15, -0.1) is 0 Å². The van der Waals surface area contributed by atoms with Crippen LogP contribution in [-0.2, 0) is 5.41 Å². The smallest absolute Gasteiger partial charge is 0.119 e. The normalized spacial score (nSPS) is 25.3. The number of benzene rings is 1. The molecule has 2 saturated carbocycles. The van der Waals surface area contributed by atoms with Gasteiger partial charge in [-0.3, -0.25) is 0 Å². The molecule has 3 nitrogen and oxygen atoms in total. The molecular weight excluding hydrogens is 370 g/mol. The molecule has 0 aromatic heterocycles. The Labute approximate surface area is 182 Å². The van der Waals surface area contributed by atoms with Gasteiger partial charge in [0.05, 0.1) is 6.07 Å². The van der Waals surface area contributed by atoms with E-state index in [0.717, 1.165) is 55.9 Å². The molecule has 4 aliphatic carbocycles. The Balaban J connectivity index is 0.000000212. The second-order valence-electron chi connectivity index (χ2n) is 10.4. The third-order valence-electron chi connectivity index (χ3n) is 8.26. The highest BCUT2D eigenvalue weighted by Gasteiger charge is 2.49. The molecule has 0 amide bonds. The molecule has 2 bridgehead atoms. The van der Waals surface area contributed by atoms with Crippen LogP contribution in [0.1, 0.15) is 97.0 Å². The van der Waals surface area contributed by atoms with Crippen molar-refractivity contribution in [1.29, 1.82) is 5.26 Å². The number of hydrogen-bond donors (Lipinski definition) is 2. The van der Waals surface area contributed by atoms with E-state index in [0.29, 0.717) is 11.8 Å². The fourth-order valence-corrected chi connectivity index (χ4v) is 6.14. The van der Waals surface area contributed by atoms with Gasteiger partial charge in [-0.25, -0.2) is 0 Å². The van der Waals surface area contributed by atoms with Crippen LogP contribution in [0.25, 0.3) is 0 Å². The van der Waals surface area contributed by atoms with Crippen molar-refractivity contribution in [1.82, 2.24) is 0 Å². The molecule has 0 heterocycles. The van der Waals surface area contributed by atoms with E-state index >= 15 is 0 Å².